The fraction of sp³-hybridized carbons (Fsp3) is 0.429. The van der Waals surface area contributed by atoms with E-state index in [1.54, 1.807) is 0 Å². The van der Waals surface area contributed by atoms with Crippen LogP contribution in [-0.2, 0) is 6.54 Å². The van der Waals surface area contributed by atoms with Crippen LogP contribution in [0.15, 0.2) is 29.6 Å². The van der Waals surface area contributed by atoms with Crippen molar-refractivity contribution in [1.29, 1.82) is 0 Å². The Hall–Kier alpha value is -0.860. The molecule has 0 fully saturated rings. The quantitative estimate of drug-likeness (QED) is 0.738. The van der Waals surface area contributed by atoms with Gasteiger partial charge in [-0.05, 0) is 35.4 Å². The summed E-state index contributed by atoms with van der Waals surface area (Å²) >= 11 is 1.84. The summed E-state index contributed by atoms with van der Waals surface area (Å²) in [6.45, 7) is 4.39. The largest absolute Gasteiger partial charge is 0.313 e. The van der Waals surface area contributed by atoms with Gasteiger partial charge in [0.15, 0.2) is 0 Å². The first-order valence-electron chi connectivity index (χ1n) is 6.07. The van der Waals surface area contributed by atoms with E-state index < -0.39 is 0 Å². The third-order valence-corrected chi connectivity index (χ3v) is 3.85. The third-order valence-electron chi connectivity index (χ3n) is 2.83. The number of fused-ring (bicyclic) bond motifs is 1. The summed E-state index contributed by atoms with van der Waals surface area (Å²) in [5.41, 5.74) is 1.44. The Kier molecular flexibility index (Phi) is 4.37. The number of benzene rings is 1. The van der Waals surface area contributed by atoms with Crippen molar-refractivity contribution in [3.8, 4) is 0 Å². The van der Waals surface area contributed by atoms with Gasteiger partial charge in [-0.3, -0.25) is 0 Å². The molecule has 0 saturated carbocycles. The van der Waals surface area contributed by atoms with E-state index in [1.807, 2.05) is 11.3 Å². The van der Waals surface area contributed by atoms with E-state index in [1.165, 1.54) is 34.9 Å². The summed E-state index contributed by atoms with van der Waals surface area (Å²) in [6.07, 6.45) is 3.92. The Morgan fingerprint density at radius 1 is 1.19 bits per heavy atom. The van der Waals surface area contributed by atoms with Crippen LogP contribution in [0.5, 0.6) is 0 Å². The number of hydrogen-bond donors (Lipinski definition) is 1. The van der Waals surface area contributed by atoms with Gasteiger partial charge < -0.3 is 5.32 Å². The van der Waals surface area contributed by atoms with Crippen LogP contribution in [0.4, 0.5) is 0 Å². The third kappa shape index (κ3) is 2.83. The molecule has 0 aliphatic carbocycles. The van der Waals surface area contributed by atoms with Crippen LogP contribution in [0.25, 0.3) is 10.1 Å². The van der Waals surface area contributed by atoms with Crippen LogP contribution in [0, 0.1) is 0 Å². The standard InChI is InChI=1S/C14H19NS/c1-2-3-6-9-15-10-12-11-16-14-8-5-4-7-13(12)14/h4-5,7-8,11,15H,2-3,6,9-10H2,1H3. The van der Waals surface area contributed by atoms with Gasteiger partial charge in [-0.2, -0.15) is 0 Å². The van der Waals surface area contributed by atoms with E-state index in [-0.39, 0.29) is 0 Å². The highest BCUT2D eigenvalue weighted by atomic mass is 32.1. The molecule has 1 N–H and O–H groups in total. The second kappa shape index (κ2) is 6.02. The SMILES string of the molecule is CCCCCNCc1csc2ccccc12. The maximum atomic E-state index is 3.52. The smallest absolute Gasteiger partial charge is 0.0346 e. The van der Waals surface area contributed by atoms with Gasteiger partial charge >= 0.3 is 0 Å². The predicted molar refractivity (Wildman–Crippen MR) is 73.1 cm³/mol. The molecule has 1 aromatic heterocycles. The van der Waals surface area contributed by atoms with Gasteiger partial charge in [0.05, 0.1) is 0 Å². The summed E-state index contributed by atoms with van der Waals surface area (Å²) in [7, 11) is 0. The van der Waals surface area contributed by atoms with Crippen LogP contribution in [0.1, 0.15) is 31.7 Å². The highest BCUT2D eigenvalue weighted by Crippen LogP contribution is 2.25. The van der Waals surface area contributed by atoms with Crippen molar-refractivity contribution in [2.75, 3.05) is 6.54 Å². The number of thiophene rings is 1. The van der Waals surface area contributed by atoms with E-state index in [2.05, 4.69) is 41.9 Å². The van der Waals surface area contributed by atoms with Crippen molar-refractivity contribution in [3.05, 3.63) is 35.2 Å². The molecule has 0 unspecified atom stereocenters. The molecule has 16 heavy (non-hydrogen) atoms. The van der Waals surface area contributed by atoms with E-state index >= 15 is 0 Å². The number of nitrogens with one attached hydrogen (secondary N) is 1. The number of rotatable bonds is 6. The zero-order valence-corrected chi connectivity index (χ0v) is 10.6. The lowest BCUT2D eigenvalue weighted by Crippen LogP contribution is -2.14. The van der Waals surface area contributed by atoms with Crippen molar-refractivity contribution in [1.82, 2.24) is 5.32 Å². The molecule has 0 aliphatic rings. The lowest BCUT2D eigenvalue weighted by molar-refractivity contribution is 0.619. The second-order valence-electron chi connectivity index (χ2n) is 4.14. The Bertz CT molecular complexity index is 433. The molecule has 2 rings (SSSR count). The molecule has 0 amide bonds. The minimum Gasteiger partial charge on any atom is -0.313 e. The Morgan fingerprint density at radius 3 is 2.94 bits per heavy atom. The van der Waals surface area contributed by atoms with Crippen molar-refractivity contribution in [2.24, 2.45) is 0 Å². The molecule has 0 aliphatic heterocycles. The summed E-state index contributed by atoms with van der Waals surface area (Å²) < 4.78 is 1.40. The molecule has 1 aromatic carbocycles. The molecule has 2 heteroatoms. The average Bonchev–Trinajstić information content (AvgIpc) is 2.73. The van der Waals surface area contributed by atoms with Crippen molar-refractivity contribution < 1.29 is 0 Å². The maximum Gasteiger partial charge on any atom is 0.0346 e. The van der Waals surface area contributed by atoms with Gasteiger partial charge in [0.25, 0.3) is 0 Å². The Balaban J connectivity index is 1.89. The first kappa shape index (κ1) is 11.6. The van der Waals surface area contributed by atoms with E-state index in [9.17, 15) is 0 Å². The fourth-order valence-electron chi connectivity index (χ4n) is 1.89. The van der Waals surface area contributed by atoms with Crippen LogP contribution >= 0.6 is 11.3 Å². The molecule has 2 aromatic rings. The molecule has 0 saturated heterocycles. The molecule has 0 spiro atoms. The minimum absolute atomic E-state index is 1.01. The number of hydrogen-bond acceptors (Lipinski definition) is 2. The van der Waals surface area contributed by atoms with Gasteiger partial charge in [0, 0.05) is 11.2 Å². The average molecular weight is 233 g/mol. The maximum absolute atomic E-state index is 3.52. The summed E-state index contributed by atoms with van der Waals surface area (Å²) in [5, 5.41) is 7.21. The molecule has 0 radical (unpaired) electrons. The lowest BCUT2D eigenvalue weighted by Gasteiger charge is -2.03. The Morgan fingerprint density at radius 2 is 2.06 bits per heavy atom. The molecular weight excluding hydrogens is 214 g/mol. The molecule has 86 valence electrons. The summed E-state index contributed by atoms with van der Waals surface area (Å²) in [6, 6.07) is 8.64. The predicted octanol–water partition coefficient (Wildman–Crippen LogP) is 4.18. The van der Waals surface area contributed by atoms with E-state index in [0.29, 0.717) is 0 Å². The molecule has 0 atom stereocenters. The van der Waals surface area contributed by atoms with Crippen molar-refractivity contribution in [2.45, 2.75) is 32.7 Å². The van der Waals surface area contributed by atoms with Gasteiger partial charge in [-0.15, -0.1) is 11.3 Å². The summed E-state index contributed by atoms with van der Waals surface area (Å²) in [5.74, 6) is 0. The van der Waals surface area contributed by atoms with Gasteiger partial charge in [-0.25, -0.2) is 0 Å². The molecule has 0 bridgehead atoms. The fourth-order valence-corrected chi connectivity index (χ4v) is 2.86. The zero-order chi connectivity index (χ0) is 11.2. The van der Waals surface area contributed by atoms with Crippen molar-refractivity contribution in [3.63, 3.8) is 0 Å². The first-order valence-corrected chi connectivity index (χ1v) is 6.95. The zero-order valence-electron chi connectivity index (χ0n) is 9.83. The Labute approximate surface area is 101 Å². The lowest BCUT2D eigenvalue weighted by atomic mass is 10.2. The van der Waals surface area contributed by atoms with Gasteiger partial charge in [0.2, 0.25) is 0 Å². The minimum atomic E-state index is 1.01. The van der Waals surface area contributed by atoms with Crippen LogP contribution < -0.4 is 5.32 Å². The summed E-state index contributed by atoms with van der Waals surface area (Å²) in [4.78, 5) is 0. The van der Waals surface area contributed by atoms with Gasteiger partial charge in [-0.1, -0.05) is 38.0 Å². The van der Waals surface area contributed by atoms with Gasteiger partial charge in [0.1, 0.15) is 0 Å². The monoisotopic (exact) mass is 233 g/mol. The van der Waals surface area contributed by atoms with E-state index in [0.717, 1.165) is 13.1 Å². The first-order chi connectivity index (χ1) is 7.92. The topological polar surface area (TPSA) is 12.0 Å². The van der Waals surface area contributed by atoms with Crippen LogP contribution in [-0.4, -0.2) is 6.54 Å². The van der Waals surface area contributed by atoms with Crippen molar-refractivity contribution >= 4 is 21.4 Å². The highest BCUT2D eigenvalue weighted by Gasteiger charge is 2.01. The van der Waals surface area contributed by atoms with Crippen LogP contribution in [0.2, 0.25) is 0 Å². The molecule has 1 nitrogen and oxygen atoms in total. The highest BCUT2D eigenvalue weighted by molar-refractivity contribution is 7.17. The van der Waals surface area contributed by atoms with E-state index in [4.69, 9.17) is 0 Å². The number of unbranched alkanes of at least 4 members (excludes halogenated alkanes) is 2. The molecular formula is C14H19NS. The second-order valence-corrected chi connectivity index (χ2v) is 5.05. The molecule has 1 heterocycles. The normalized spacial score (nSPS) is 11.1. The van der Waals surface area contributed by atoms with Crippen LogP contribution in [0.3, 0.4) is 0 Å².